The van der Waals surface area contributed by atoms with Gasteiger partial charge in [-0.25, -0.2) is 0 Å². The van der Waals surface area contributed by atoms with Gasteiger partial charge in [0.15, 0.2) is 5.78 Å². The lowest BCUT2D eigenvalue weighted by molar-refractivity contribution is -0.140. The number of hydrogen-bond acceptors (Lipinski definition) is 4. The minimum atomic E-state index is -1.58. The largest absolute Gasteiger partial charge is 0.379 e. The van der Waals surface area contributed by atoms with Crippen LogP contribution in [-0.4, -0.2) is 39.8 Å². The lowest BCUT2D eigenvalue weighted by atomic mass is 9.78. The summed E-state index contributed by atoms with van der Waals surface area (Å²) in [5.74, 6) is -0.302. The van der Waals surface area contributed by atoms with Gasteiger partial charge in [-0.3, -0.25) is 9.59 Å². The number of aliphatic hydroxyl groups is 1. The average molecular weight is 307 g/mol. The maximum atomic E-state index is 12.6. The number of hydrogen-bond donors (Lipinski definition) is 1. The molecule has 1 N–H and O–H groups in total. The van der Waals surface area contributed by atoms with Crippen molar-refractivity contribution in [3.05, 3.63) is 23.4 Å². The number of ketones is 2. The van der Waals surface area contributed by atoms with Crippen LogP contribution in [0.25, 0.3) is 0 Å². The Kier molecular flexibility index (Phi) is 6.12. The van der Waals surface area contributed by atoms with Crippen LogP contribution in [0.1, 0.15) is 54.4 Å². The van der Waals surface area contributed by atoms with Gasteiger partial charge in [0.05, 0.1) is 11.6 Å². The Balaban J connectivity index is 3.34. The van der Waals surface area contributed by atoms with Gasteiger partial charge < -0.3 is 10.0 Å². The van der Waals surface area contributed by atoms with Crippen LogP contribution in [0.3, 0.4) is 0 Å². The first kappa shape index (κ1) is 18.6. The quantitative estimate of drug-likeness (QED) is 0.605. The molecular weight excluding hydrogens is 278 g/mol. The van der Waals surface area contributed by atoms with Gasteiger partial charge in [0.25, 0.3) is 0 Å². The van der Waals surface area contributed by atoms with Crippen molar-refractivity contribution in [2.75, 3.05) is 6.54 Å². The molecular formula is C18H29NO3. The zero-order valence-corrected chi connectivity index (χ0v) is 14.6. The molecule has 4 nitrogen and oxygen atoms in total. The molecule has 22 heavy (non-hydrogen) atoms. The van der Waals surface area contributed by atoms with Crippen LogP contribution in [0.15, 0.2) is 23.4 Å². The van der Waals surface area contributed by atoms with Gasteiger partial charge in [-0.05, 0) is 26.7 Å². The molecule has 124 valence electrons. The summed E-state index contributed by atoms with van der Waals surface area (Å²) < 4.78 is 0. The Morgan fingerprint density at radius 1 is 1.45 bits per heavy atom. The molecule has 3 atom stereocenters. The summed E-state index contributed by atoms with van der Waals surface area (Å²) in [4.78, 5) is 26.5. The summed E-state index contributed by atoms with van der Waals surface area (Å²) in [6.07, 6.45) is 5.00. The van der Waals surface area contributed by atoms with Gasteiger partial charge in [0.1, 0.15) is 5.60 Å². The number of likely N-dealkylation sites (N-methyl/N-ethyl adjacent to an activating group) is 1. The molecule has 1 aliphatic heterocycles. The minimum absolute atomic E-state index is 0.113. The topological polar surface area (TPSA) is 57.6 Å². The highest BCUT2D eigenvalue weighted by Gasteiger charge is 2.48. The Morgan fingerprint density at radius 3 is 2.50 bits per heavy atom. The zero-order valence-electron chi connectivity index (χ0n) is 14.6. The van der Waals surface area contributed by atoms with E-state index in [-0.39, 0.29) is 17.8 Å². The molecule has 3 unspecified atom stereocenters. The summed E-state index contributed by atoms with van der Waals surface area (Å²) >= 11 is 0. The van der Waals surface area contributed by atoms with Crippen molar-refractivity contribution in [2.24, 2.45) is 5.92 Å². The third-order valence-electron chi connectivity index (χ3n) is 4.47. The number of carbonyl (C=O) groups is 2. The SMILES string of the molecule is CCC(=O)C1=CN(CC)C(/C(C)=C/C(C)CC)C(C)(O)C1=O. The first-order valence-corrected chi connectivity index (χ1v) is 8.16. The number of carbonyl (C=O) groups excluding carboxylic acids is 2. The normalized spacial score (nSPS) is 27.7. The van der Waals surface area contributed by atoms with Crippen molar-refractivity contribution in [3.8, 4) is 0 Å². The molecule has 0 saturated carbocycles. The minimum Gasteiger partial charge on any atom is -0.379 e. The maximum absolute atomic E-state index is 12.6. The highest BCUT2D eigenvalue weighted by molar-refractivity contribution is 6.23. The lowest BCUT2D eigenvalue weighted by Crippen LogP contribution is -2.59. The fourth-order valence-corrected chi connectivity index (χ4v) is 3.04. The highest BCUT2D eigenvalue weighted by Crippen LogP contribution is 2.32. The summed E-state index contributed by atoms with van der Waals surface area (Å²) in [6.45, 7) is 12.0. The number of nitrogens with zero attached hydrogens (tertiary/aromatic N) is 1. The van der Waals surface area contributed by atoms with Crippen LogP contribution in [-0.2, 0) is 9.59 Å². The number of rotatable bonds is 6. The second-order valence-electron chi connectivity index (χ2n) is 6.33. The summed E-state index contributed by atoms with van der Waals surface area (Å²) in [6, 6.07) is -0.424. The van der Waals surface area contributed by atoms with Crippen LogP contribution < -0.4 is 0 Å². The van der Waals surface area contributed by atoms with E-state index in [0.717, 1.165) is 12.0 Å². The van der Waals surface area contributed by atoms with Gasteiger partial charge in [-0.1, -0.05) is 38.8 Å². The van der Waals surface area contributed by atoms with Crippen LogP contribution in [0.4, 0.5) is 0 Å². The van der Waals surface area contributed by atoms with Gasteiger partial charge in [0, 0.05) is 19.2 Å². The predicted molar refractivity (Wildman–Crippen MR) is 88.4 cm³/mol. The second kappa shape index (κ2) is 7.23. The standard InChI is InChI=1S/C18H29NO3/c1-7-12(4)10-13(5)16-18(6,22)17(21)14(15(20)8-2)11-19(16)9-3/h10-12,16,22H,7-9H2,1-6H3/b13-10+. The molecule has 0 aromatic carbocycles. The third kappa shape index (κ3) is 3.49. The maximum Gasteiger partial charge on any atom is 0.201 e. The molecule has 0 aromatic heterocycles. The molecule has 1 aliphatic rings. The van der Waals surface area contributed by atoms with Crippen molar-refractivity contribution >= 4 is 11.6 Å². The summed E-state index contributed by atoms with van der Waals surface area (Å²) in [7, 11) is 0. The lowest BCUT2D eigenvalue weighted by Gasteiger charge is -2.44. The first-order valence-electron chi connectivity index (χ1n) is 8.16. The van der Waals surface area contributed by atoms with Crippen molar-refractivity contribution in [2.45, 2.75) is 66.0 Å². The molecule has 1 heterocycles. The fourth-order valence-electron chi connectivity index (χ4n) is 3.04. The van der Waals surface area contributed by atoms with Gasteiger partial charge in [-0.2, -0.15) is 0 Å². The van der Waals surface area contributed by atoms with Crippen LogP contribution >= 0.6 is 0 Å². The van der Waals surface area contributed by atoms with Gasteiger partial charge in [-0.15, -0.1) is 0 Å². The van der Waals surface area contributed by atoms with E-state index >= 15 is 0 Å². The van der Waals surface area contributed by atoms with Crippen LogP contribution in [0.2, 0.25) is 0 Å². The van der Waals surface area contributed by atoms with E-state index in [2.05, 4.69) is 19.9 Å². The van der Waals surface area contributed by atoms with Gasteiger partial charge >= 0.3 is 0 Å². The van der Waals surface area contributed by atoms with E-state index in [9.17, 15) is 14.7 Å². The molecule has 0 aromatic rings. The Hall–Kier alpha value is -1.42. The molecule has 0 spiro atoms. The van der Waals surface area contributed by atoms with Crippen molar-refractivity contribution in [3.63, 3.8) is 0 Å². The molecule has 0 radical (unpaired) electrons. The average Bonchev–Trinajstić information content (AvgIpc) is 2.48. The number of allylic oxidation sites excluding steroid dienone is 1. The first-order chi connectivity index (χ1) is 10.2. The zero-order chi connectivity index (χ0) is 17.1. The smallest absolute Gasteiger partial charge is 0.201 e. The molecule has 4 heteroatoms. The second-order valence-corrected chi connectivity index (χ2v) is 6.33. The van der Waals surface area contributed by atoms with E-state index in [4.69, 9.17) is 0 Å². The molecule has 0 bridgehead atoms. The molecule has 0 amide bonds. The Morgan fingerprint density at radius 2 is 2.05 bits per heavy atom. The van der Waals surface area contributed by atoms with Crippen molar-refractivity contribution < 1.29 is 14.7 Å². The Bertz CT molecular complexity index is 502. The molecule has 1 rings (SSSR count). The van der Waals surface area contributed by atoms with E-state index < -0.39 is 17.4 Å². The van der Waals surface area contributed by atoms with Gasteiger partial charge in [0.2, 0.25) is 5.78 Å². The molecule has 0 aliphatic carbocycles. The Labute approximate surface area is 133 Å². The van der Waals surface area contributed by atoms with Crippen molar-refractivity contribution in [1.82, 2.24) is 4.90 Å². The summed E-state index contributed by atoms with van der Waals surface area (Å²) in [5.41, 5.74) is -0.505. The van der Waals surface area contributed by atoms with E-state index in [0.29, 0.717) is 12.5 Å². The summed E-state index contributed by atoms with van der Waals surface area (Å²) in [5, 5.41) is 10.9. The van der Waals surface area contributed by atoms with Crippen LogP contribution in [0, 0.1) is 5.92 Å². The van der Waals surface area contributed by atoms with E-state index in [1.54, 1.807) is 13.1 Å². The monoisotopic (exact) mass is 307 g/mol. The highest BCUT2D eigenvalue weighted by atomic mass is 16.3. The number of Topliss-reactive ketones (excluding diaryl/α,β-unsaturated/α-hetero) is 2. The fraction of sp³-hybridized carbons (Fsp3) is 0.667. The van der Waals surface area contributed by atoms with Crippen molar-refractivity contribution in [1.29, 1.82) is 0 Å². The predicted octanol–water partition coefficient (Wildman–Crippen LogP) is 2.87. The van der Waals surface area contributed by atoms with E-state index in [1.807, 2.05) is 18.7 Å². The molecule has 0 fully saturated rings. The van der Waals surface area contributed by atoms with E-state index in [1.165, 1.54) is 6.92 Å². The van der Waals surface area contributed by atoms with Crippen LogP contribution in [0.5, 0.6) is 0 Å². The molecule has 0 saturated heterocycles. The third-order valence-corrected chi connectivity index (χ3v) is 4.47.